The van der Waals surface area contributed by atoms with Gasteiger partial charge in [0.25, 0.3) is 5.91 Å². The summed E-state index contributed by atoms with van der Waals surface area (Å²) in [5, 5.41) is 4.41. The molecule has 2 aromatic carbocycles. The zero-order chi connectivity index (χ0) is 14.1. The highest BCUT2D eigenvalue weighted by Crippen LogP contribution is 2.23. The van der Waals surface area contributed by atoms with E-state index in [1.54, 1.807) is 24.4 Å². The first kappa shape index (κ1) is 12.8. The van der Waals surface area contributed by atoms with E-state index in [1.165, 1.54) is 0 Å². The zero-order valence-electron chi connectivity index (χ0n) is 10.9. The number of halogens is 1. The molecule has 0 atom stereocenters. The van der Waals surface area contributed by atoms with Crippen molar-refractivity contribution >= 4 is 34.1 Å². The number of H-pyrrole nitrogens is 1. The van der Waals surface area contributed by atoms with Gasteiger partial charge in [-0.25, -0.2) is 0 Å². The predicted octanol–water partition coefficient (Wildman–Crippen LogP) is 4.38. The van der Waals surface area contributed by atoms with Crippen molar-refractivity contribution < 1.29 is 4.79 Å². The van der Waals surface area contributed by atoms with Crippen LogP contribution < -0.4 is 5.32 Å². The molecule has 100 valence electrons. The Morgan fingerprint density at radius 3 is 2.80 bits per heavy atom. The fourth-order valence-electron chi connectivity index (χ4n) is 2.31. The van der Waals surface area contributed by atoms with E-state index < -0.39 is 0 Å². The Balaban J connectivity index is 1.97. The lowest BCUT2D eigenvalue weighted by atomic mass is 10.1. The van der Waals surface area contributed by atoms with Crippen LogP contribution in [0.5, 0.6) is 0 Å². The highest BCUT2D eigenvalue weighted by atomic mass is 35.5. The first-order valence-electron chi connectivity index (χ1n) is 6.29. The van der Waals surface area contributed by atoms with Crippen LogP contribution in [0.4, 0.5) is 5.69 Å². The number of benzene rings is 2. The molecule has 3 nitrogen and oxygen atoms in total. The number of anilines is 1. The first-order valence-corrected chi connectivity index (χ1v) is 6.66. The van der Waals surface area contributed by atoms with Crippen LogP contribution in [0.3, 0.4) is 0 Å². The van der Waals surface area contributed by atoms with Crippen LogP contribution in [-0.2, 0) is 0 Å². The molecule has 0 radical (unpaired) electrons. The molecular weight excluding hydrogens is 272 g/mol. The van der Waals surface area contributed by atoms with Crippen molar-refractivity contribution in [3.8, 4) is 0 Å². The summed E-state index contributed by atoms with van der Waals surface area (Å²) in [7, 11) is 0. The van der Waals surface area contributed by atoms with Crippen LogP contribution in [0, 0.1) is 6.92 Å². The van der Waals surface area contributed by atoms with Crippen molar-refractivity contribution in [1.29, 1.82) is 0 Å². The molecule has 0 saturated heterocycles. The Labute approximate surface area is 121 Å². The number of rotatable bonds is 2. The summed E-state index contributed by atoms with van der Waals surface area (Å²) in [6.07, 6.45) is 1.73. The van der Waals surface area contributed by atoms with Gasteiger partial charge in [0, 0.05) is 27.8 Å². The second-order valence-corrected chi connectivity index (χ2v) is 5.10. The van der Waals surface area contributed by atoms with E-state index in [-0.39, 0.29) is 5.91 Å². The van der Waals surface area contributed by atoms with Crippen LogP contribution in [0.15, 0.2) is 48.7 Å². The highest BCUT2D eigenvalue weighted by molar-refractivity contribution is 6.31. The number of aromatic nitrogens is 1. The van der Waals surface area contributed by atoms with E-state index in [0.717, 1.165) is 16.5 Å². The van der Waals surface area contributed by atoms with Crippen molar-refractivity contribution in [3.05, 3.63) is 64.8 Å². The summed E-state index contributed by atoms with van der Waals surface area (Å²) in [6.45, 7) is 1.99. The van der Waals surface area contributed by atoms with Crippen molar-refractivity contribution in [2.24, 2.45) is 0 Å². The monoisotopic (exact) mass is 284 g/mol. The molecule has 0 bridgehead atoms. The van der Waals surface area contributed by atoms with Gasteiger partial charge >= 0.3 is 0 Å². The van der Waals surface area contributed by atoms with Crippen molar-refractivity contribution in [3.63, 3.8) is 0 Å². The number of carbonyl (C=O) groups is 1. The lowest BCUT2D eigenvalue weighted by Crippen LogP contribution is -2.11. The third kappa shape index (κ3) is 2.28. The Kier molecular flexibility index (Phi) is 3.20. The third-order valence-electron chi connectivity index (χ3n) is 3.24. The van der Waals surface area contributed by atoms with Crippen molar-refractivity contribution in [1.82, 2.24) is 4.98 Å². The molecule has 0 aliphatic carbocycles. The summed E-state index contributed by atoms with van der Waals surface area (Å²) >= 11 is 5.92. The molecule has 0 unspecified atom stereocenters. The van der Waals surface area contributed by atoms with Gasteiger partial charge in [-0.05, 0) is 36.8 Å². The Bertz CT molecular complexity index is 792. The molecule has 0 aliphatic rings. The zero-order valence-corrected chi connectivity index (χ0v) is 11.7. The van der Waals surface area contributed by atoms with Gasteiger partial charge in [-0.2, -0.15) is 0 Å². The number of carbonyl (C=O) groups excluding carboxylic acids is 1. The average molecular weight is 285 g/mol. The van der Waals surface area contributed by atoms with E-state index >= 15 is 0 Å². The van der Waals surface area contributed by atoms with E-state index in [4.69, 9.17) is 11.6 Å². The number of fused-ring (bicyclic) bond motifs is 1. The molecule has 4 heteroatoms. The second kappa shape index (κ2) is 5.02. The van der Waals surface area contributed by atoms with Crippen LogP contribution in [0.2, 0.25) is 5.02 Å². The van der Waals surface area contributed by atoms with Gasteiger partial charge in [-0.3, -0.25) is 4.79 Å². The smallest absolute Gasteiger partial charge is 0.257 e. The summed E-state index contributed by atoms with van der Waals surface area (Å²) in [6, 6.07) is 13.0. The van der Waals surface area contributed by atoms with Crippen molar-refractivity contribution in [2.45, 2.75) is 6.92 Å². The minimum Gasteiger partial charge on any atom is -0.360 e. The SMILES string of the molecule is Cc1cccc2[nH]cc(C(=O)Nc3cccc(Cl)c3)c12. The summed E-state index contributed by atoms with van der Waals surface area (Å²) in [5.74, 6) is -0.146. The maximum absolute atomic E-state index is 12.4. The second-order valence-electron chi connectivity index (χ2n) is 4.66. The number of hydrogen-bond acceptors (Lipinski definition) is 1. The standard InChI is InChI=1S/C16H13ClN2O/c1-10-4-2-7-14-15(10)13(9-18-14)16(20)19-12-6-3-5-11(17)8-12/h2-9,18H,1H3,(H,19,20). The summed E-state index contributed by atoms with van der Waals surface area (Å²) in [5.41, 5.74) is 3.35. The highest BCUT2D eigenvalue weighted by Gasteiger charge is 2.13. The van der Waals surface area contributed by atoms with Gasteiger partial charge in [-0.1, -0.05) is 29.8 Å². The van der Waals surface area contributed by atoms with Gasteiger partial charge < -0.3 is 10.3 Å². The maximum Gasteiger partial charge on any atom is 0.257 e. The van der Waals surface area contributed by atoms with Gasteiger partial charge in [0.2, 0.25) is 0 Å². The van der Waals surface area contributed by atoms with Gasteiger partial charge in [0.1, 0.15) is 0 Å². The number of aryl methyl sites for hydroxylation is 1. The molecule has 0 saturated carbocycles. The summed E-state index contributed by atoms with van der Waals surface area (Å²) < 4.78 is 0. The normalized spacial score (nSPS) is 10.7. The van der Waals surface area contributed by atoms with Gasteiger partial charge in [0.15, 0.2) is 0 Å². The van der Waals surface area contributed by atoms with E-state index in [9.17, 15) is 4.79 Å². The Hall–Kier alpha value is -2.26. The minimum absolute atomic E-state index is 0.146. The molecule has 0 fully saturated rings. The van der Waals surface area contributed by atoms with Crippen molar-refractivity contribution in [2.75, 3.05) is 5.32 Å². The predicted molar refractivity (Wildman–Crippen MR) is 82.4 cm³/mol. The maximum atomic E-state index is 12.4. The molecule has 0 spiro atoms. The van der Waals surface area contributed by atoms with E-state index in [2.05, 4.69) is 10.3 Å². The quantitative estimate of drug-likeness (QED) is 0.720. The largest absolute Gasteiger partial charge is 0.360 e. The topological polar surface area (TPSA) is 44.9 Å². The lowest BCUT2D eigenvalue weighted by molar-refractivity contribution is 0.102. The Morgan fingerprint density at radius 2 is 2.00 bits per heavy atom. The van der Waals surface area contributed by atoms with Crippen LogP contribution in [0.25, 0.3) is 10.9 Å². The molecule has 0 aliphatic heterocycles. The van der Waals surface area contributed by atoms with Crippen LogP contribution in [-0.4, -0.2) is 10.9 Å². The van der Waals surface area contributed by atoms with Crippen LogP contribution in [0.1, 0.15) is 15.9 Å². The van der Waals surface area contributed by atoms with E-state index in [0.29, 0.717) is 16.3 Å². The third-order valence-corrected chi connectivity index (χ3v) is 3.48. The molecule has 3 aromatic rings. The molecule has 3 rings (SSSR count). The molecular formula is C16H13ClN2O. The molecule has 20 heavy (non-hydrogen) atoms. The first-order chi connectivity index (χ1) is 9.65. The number of nitrogens with one attached hydrogen (secondary N) is 2. The molecule has 1 amide bonds. The average Bonchev–Trinajstić information content (AvgIpc) is 2.84. The fraction of sp³-hybridized carbons (Fsp3) is 0.0625. The number of hydrogen-bond donors (Lipinski definition) is 2. The van der Waals surface area contributed by atoms with E-state index in [1.807, 2.05) is 31.2 Å². The fourth-order valence-corrected chi connectivity index (χ4v) is 2.50. The van der Waals surface area contributed by atoms with Gasteiger partial charge in [-0.15, -0.1) is 0 Å². The molecule has 1 aromatic heterocycles. The van der Waals surface area contributed by atoms with Gasteiger partial charge in [0.05, 0.1) is 5.56 Å². The lowest BCUT2D eigenvalue weighted by Gasteiger charge is -2.05. The molecule has 1 heterocycles. The molecule has 2 N–H and O–H groups in total. The Morgan fingerprint density at radius 1 is 1.20 bits per heavy atom. The summed E-state index contributed by atoms with van der Waals surface area (Å²) in [4.78, 5) is 15.5. The minimum atomic E-state index is -0.146. The van der Waals surface area contributed by atoms with Crippen LogP contribution >= 0.6 is 11.6 Å². The number of aromatic amines is 1. The number of amides is 1.